The molecule has 88 valence electrons. The largest absolute Gasteiger partial charge is 0.370 e. The van der Waals surface area contributed by atoms with Crippen LogP contribution in [0, 0.1) is 5.82 Å². The van der Waals surface area contributed by atoms with Gasteiger partial charge in [0, 0.05) is 13.2 Å². The Labute approximate surface area is 97.1 Å². The third-order valence-corrected chi connectivity index (χ3v) is 2.38. The first-order chi connectivity index (χ1) is 8.20. The Morgan fingerprint density at radius 2 is 2.06 bits per heavy atom. The third-order valence-electron chi connectivity index (χ3n) is 2.38. The highest BCUT2D eigenvalue weighted by atomic mass is 19.1. The van der Waals surface area contributed by atoms with Gasteiger partial charge in [-0.3, -0.25) is 4.79 Å². The lowest BCUT2D eigenvalue weighted by molar-refractivity contribution is 0.132. The van der Waals surface area contributed by atoms with E-state index in [0.717, 1.165) is 5.56 Å². The van der Waals surface area contributed by atoms with Crippen LogP contribution in [0.25, 0.3) is 0 Å². The molecule has 0 saturated heterocycles. The van der Waals surface area contributed by atoms with E-state index in [4.69, 9.17) is 4.74 Å². The summed E-state index contributed by atoms with van der Waals surface area (Å²) in [6.07, 6.45) is 0.839. The standard InChI is InChI=1S/C12H11FN2O2/c1-17-12(8-2-4-9(13)5-3-8)10-6-11(16)15-7-14-10/h2-7,12H,1H3,(H,14,15,16). The van der Waals surface area contributed by atoms with Gasteiger partial charge in [0.15, 0.2) is 0 Å². The van der Waals surface area contributed by atoms with Gasteiger partial charge in [0.2, 0.25) is 0 Å². The summed E-state index contributed by atoms with van der Waals surface area (Å²) in [7, 11) is 1.51. The van der Waals surface area contributed by atoms with E-state index in [1.54, 1.807) is 12.1 Å². The summed E-state index contributed by atoms with van der Waals surface area (Å²) in [6.45, 7) is 0. The molecular weight excluding hydrogens is 223 g/mol. The average molecular weight is 234 g/mol. The van der Waals surface area contributed by atoms with E-state index in [9.17, 15) is 9.18 Å². The fourth-order valence-electron chi connectivity index (χ4n) is 1.59. The van der Waals surface area contributed by atoms with Crippen LogP contribution >= 0.6 is 0 Å². The number of ether oxygens (including phenoxy) is 1. The van der Waals surface area contributed by atoms with Crippen LogP contribution in [-0.2, 0) is 4.74 Å². The van der Waals surface area contributed by atoms with Gasteiger partial charge in [-0.25, -0.2) is 9.37 Å². The molecule has 1 aromatic carbocycles. The summed E-state index contributed by atoms with van der Waals surface area (Å²) in [6, 6.07) is 7.25. The van der Waals surface area contributed by atoms with Crippen LogP contribution in [-0.4, -0.2) is 17.1 Å². The summed E-state index contributed by atoms with van der Waals surface area (Å²) in [5.41, 5.74) is 0.981. The number of nitrogens with one attached hydrogen (secondary N) is 1. The smallest absolute Gasteiger partial charge is 0.251 e. The molecule has 0 radical (unpaired) electrons. The minimum Gasteiger partial charge on any atom is -0.370 e. The van der Waals surface area contributed by atoms with Crippen LogP contribution in [0.15, 0.2) is 41.5 Å². The molecule has 1 N–H and O–H groups in total. The zero-order chi connectivity index (χ0) is 12.3. The minimum atomic E-state index is -0.474. The molecule has 2 aromatic rings. The Morgan fingerprint density at radius 1 is 1.35 bits per heavy atom. The zero-order valence-corrected chi connectivity index (χ0v) is 9.18. The molecule has 17 heavy (non-hydrogen) atoms. The number of aromatic amines is 1. The number of methoxy groups -OCH3 is 1. The lowest BCUT2D eigenvalue weighted by atomic mass is 10.1. The number of aromatic nitrogens is 2. The van der Waals surface area contributed by atoms with Crippen molar-refractivity contribution in [1.29, 1.82) is 0 Å². The van der Waals surface area contributed by atoms with E-state index in [-0.39, 0.29) is 11.4 Å². The van der Waals surface area contributed by atoms with Gasteiger partial charge in [0.1, 0.15) is 11.9 Å². The molecule has 0 saturated carbocycles. The van der Waals surface area contributed by atoms with Crippen molar-refractivity contribution in [3.63, 3.8) is 0 Å². The van der Waals surface area contributed by atoms with Gasteiger partial charge in [-0.2, -0.15) is 0 Å². The van der Waals surface area contributed by atoms with Crippen molar-refractivity contribution in [3.8, 4) is 0 Å². The summed E-state index contributed by atoms with van der Waals surface area (Å²) in [5, 5.41) is 0. The highest BCUT2D eigenvalue weighted by Crippen LogP contribution is 2.22. The van der Waals surface area contributed by atoms with Gasteiger partial charge in [-0.1, -0.05) is 12.1 Å². The molecule has 1 aromatic heterocycles. The van der Waals surface area contributed by atoms with Crippen LogP contribution in [0.4, 0.5) is 4.39 Å². The molecule has 0 amide bonds. The first kappa shape index (κ1) is 11.5. The fourth-order valence-corrected chi connectivity index (χ4v) is 1.59. The van der Waals surface area contributed by atoms with Crippen molar-refractivity contribution < 1.29 is 9.13 Å². The Morgan fingerprint density at radius 3 is 2.65 bits per heavy atom. The number of hydrogen-bond donors (Lipinski definition) is 1. The Balaban J connectivity index is 2.40. The lowest BCUT2D eigenvalue weighted by Crippen LogP contribution is -2.12. The predicted octanol–water partition coefficient (Wildman–Crippen LogP) is 1.64. The topological polar surface area (TPSA) is 55.0 Å². The van der Waals surface area contributed by atoms with E-state index in [2.05, 4.69) is 9.97 Å². The second kappa shape index (κ2) is 4.88. The molecule has 1 unspecified atom stereocenters. The summed E-state index contributed by atoms with van der Waals surface area (Å²) in [5.74, 6) is -0.317. The highest BCUT2D eigenvalue weighted by molar-refractivity contribution is 5.25. The number of benzene rings is 1. The van der Waals surface area contributed by atoms with Crippen LogP contribution in [0.5, 0.6) is 0 Å². The molecule has 0 aliphatic heterocycles. The number of halogens is 1. The molecule has 0 aliphatic carbocycles. The molecule has 0 spiro atoms. The third kappa shape index (κ3) is 2.57. The van der Waals surface area contributed by atoms with Gasteiger partial charge < -0.3 is 9.72 Å². The Hall–Kier alpha value is -2.01. The van der Waals surface area contributed by atoms with E-state index < -0.39 is 6.10 Å². The van der Waals surface area contributed by atoms with Crippen molar-refractivity contribution in [3.05, 3.63) is 64.1 Å². The first-order valence-corrected chi connectivity index (χ1v) is 5.03. The molecule has 5 heteroatoms. The molecule has 1 heterocycles. The fraction of sp³-hybridized carbons (Fsp3) is 0.167. The first-order valence-electron chi connectivity index (χ1n) is 5.03. The molecular formula is C12H11FN2O2. The number of nitrogens with zero attached hydrogens (tertiary/aromatic N) is 1. The summed E-state index contributed by atoms with van der Waals surface area (Å²) < 4.78 is 18.1. The van der Waals surface area contributed by atoms with Gasteiger partial charge in [-0.15, -0.1) is 0 Å². The quantitative estimate of drug-likeness (QED) is 0.878. The van der Waals surface area contributed by atoms with E-state index >= 15 is 0 Å². The number of rotatable bonds is 3. The minimum absolute atomic E-state index is 0.251. The zero-order valence-electron chi connectivity index (χ0n) is 9.18. The SMILES string of the molecule is COC(c1ccc(F)cc1)c1cc(=O)[nH]cn1. The van der Waals surface area contributed by atoms with Crippen molar-refractivity contribution in [2.45, 2.75) is 6.10 Å². The van der Waals surface area contributed by atoms with Crippen LogP contribution in [0.3, 0.4) is 0 Å². The maximum absolute atomic E-state index is 12.8. The van der Waals surface area contributed by atoms with Gasteiger partial charge in [-0.05, 0) is 17.7 Å². The summed E-state index contributed by atoms with van der Waals surface area (Å²) >= 11 is 0. The van der Waals surface area contributed by atoms with Crippen LogP contribution in [0.1, 0.15) is 17.4 Å². The van der Waals surface area contributed by atoms with Gasteiger partial charge in [0.05, 0.1) is 12.0 Å². The maximum Gasteiger partial charge on any atom is 0.251 e. The second-order valence-corrected chi connectivity index (χ2v) is 3.50. The van der Waals surface area contributed by atoms with Crippen LogP contribution < -0.4 is 5.56 Å². The number of H-pyrrole nitrogens is 1. The highest BCUT2D eigenvalue weighted by Gasteiger charge is 2.14. The predicted molar refractivity (Wildman–Crippen MR) is 60.1 cm³/mol. The normalized spacial score (nSPS) is 12.4. The summed E-state index contributed by atoms with van der Waals surface area (Å²) in [4.78, 5) is 17.6. The lowest BCUT2D eigenvalue weighted by Gasteiger charge is -2.14. The molecule has 0 aliphatic rings. The Bertz CT molecular complexity index is 551. The van der Waals surface area contributed by atoms with Crippen LogP contribution in [0.2, 0.25) is 0 Å². The van der Waals surface area contributed by atoms with E-state index in [0.29, 0.717) is 5.69 Å². The van der Waals surface area contributed by atoms with E-state index in [1.807, 2.05) is 0 Å². The maximum atomic E-state index is 12.8. The van der Waals surface area contributed by atoms with Crippen molar-refractivity contribution in [1.82, 2.24) is 9.97 Å². The average Bonchev–Trinajstić information content (AvgIpc) is 2.33. The van der Waals surface area contributed by atoms with E-state index in [1.165, 1.54) is 31.6 Å². The molecule has 0 bridgehead atoms. The van der Waals surface area contributed by atoms with Crippen molar-refractivity contribution in [2.75, 3.05) is 7.11 Å². The second-order valence-electron chi connectivity index (χ2n) is 3.50. The Kier molecular flexibility index (Phi) is 3.30. The van der Waals surface area contributed by atoms with Crippen molar-refractivity contribution in [2.24, 2.45) is 0 Å². The van der Waals surface area contributed by atoms with Gasteiger partial charge >= 0.3 is 0 Å². The molecule has 4 nitrogen and oxygen atoms in total. The molecule has 0 fully saturated rings. The van der Waals surface area contributed by atoms with Gasteiger partial charge in [0.25, 0.3) is 5.56 Å². The van der Waals surface area contributed by atoms with Crippen molar-refractivity contribution >= 4 is 0 Å². The molecule has 2 rings (SSSR count). The monoisotopic (exact) mass is 234 g/mol. The number of hydrogen-bond acceptors (Lipinski definition) is 3. The molecule has 1 atom stereocenters.